The highest BCUT2D eigenvalue weighted by atomic mass is 35.5. The summed E-state index contributed by atoms with van der Waals surface area (Å²) in [6, 6.07) is 2.96. The van der Waals surface area contributed by atoms with E-state index in [1.165, 1.54) is 6.92 Å². The van der Waals surface area contributed by atoms with Crippen LogP contribution in [0.2, 0.25) is 5.02 Å². The number of aromatic nitrogens is 2. The molecule has 0 aliphatic carbocycles. The van der Waals surface area contributed by atoms with Crippen LogP contribution in [0.5, 0.6) is 0 Å². The first-order chi connectivity index (χ1) is 8.40. The van der Waals surface area contributed by atoms with Crippen LogP contribution in [0.1, 0.15) is 5.69 Å². The molecule has 0 saturated carbocycles. The standard InChI is InChI=1S/C9H7ClFN3O3S/c1-5-9(13-17-12-5)14-18(15,16)8-3-2-6(11)4-7(8)10/h2-4H,1H3,(H,13,14). The molecule has 1 aromatic carbocycles. The van der Waals surface area contributed by atoms with Gasteiger partial charge in [-0.3, -0.25) is 4.72 Å². The molecule has 0 radical (unpaired) electrons. The van der Waals surface area contributed by atoms with Gasteiger partial charge < -0.3 is 0 Å². The van der Waals surface area contributed by atoms with Gasteiger partial charge in [0.1, 0.15) is 16.4 Å². The van der Waals surface area contributed by atoms with Gasteiger partial charge in [0.15, 0.2) is 0 Å². The summed E-state index contributed by atoms with van der Waals surface area (Å²) in [6.07, 6.45) is 0. The Labute approximate surface area is 107 Å². The van der Waals surface area contributed by atoms with Crippen LogP contribution in [-0.2, 0) is 10.0 Å². The van der Waals surface area contributed by atoms with E-state index >= 15 is 0 Å². The Balaban J connectivity index is 2.40. The number of aryl methyl sites for hydroxylation is 1. The maximum absolute atomic E-state index is 12.8. The maximum Gasteiger partial charge on any atom is 0.264 e. The lowest BCUT2D eigenvalue weighted by Crippen LogP contribution is -2.14. The van der Waals surface area contributed by atoms with E-state index in [9.17, 15) is 12.8 Å². The van der Waals surface area contributed by atoms with Gasteiger partial charge in [0.2, 0.25) is 5.82 Å². The zero-order chi connectivity index (χ0) is 13.3. The van der Waals surface area contributed by atoms with E-state index in [0.717, 1.165) is 18.2 Å². The molecule has 0 aliphatic rings. The van der Waals surface area contributed by atoms with Crippen molar-refractivity contribution in [2.24, 2.45) is 0 Å². The molecule has 1 heterocycles. The fourth-order valence-electron chi connectivity index (χ4n) is 1.20. The summed E-state index contributed by atoms with van der Waals surface area (Å²) >= 11 is 5.68. The molecule has 0 saturated heterocycles. The van der Waals surface area contributed by atoms with Crippen LogP contribution in [-0.4, -0.2) is 18.7 Å². The predicted molar refractivity (Wildman–Crippen MR) is 61.3 cm³/mol. The van der Waals surface area contributed by atoms with Crippen molar-refractivity contribution in [3.05, 3.63) is 34.7 Å². The number of halogens is 2. The lowest BCUT2D eigenvalue weighted by atomic mass is 10.3. The summed E-state index contributed by atoms with van der Waals surface area (Å²) in [6.45, 7) is 1.51. The quantitative estimate of drug-likeness (QED) is 0.934. The van der Waals surface area contributed by atoms with Gasteiger partial charge in [-0.25, -0.2) is 17.4 Å². The summed E-state index contributed by atoms with van der Waals surface area (Å²) < 4.78 is 43.3. The van der Waals surface area contributed by atoms with Gasteiger partial charge in [-0.2, -0.15) is 0 Å². The second-order valence-electron chi connectivity index (χ2n) is 3.38. The van der Waals surface area contributed by atoms with Crippen molar-refractivity contribution < 1.29 is 17.4 Å². The number of benzene rings is 1. The minimum atomic E-state index is -3.96. The predicted octanol–water partition coefficient (Wildman–Crippen LogP) is 1.97. The molecule has 0 bridgehead atoms. The molecule has 0 atom stereocenters. The van der Waals surface area contributed by atoms with Gasteiger partial charge in [-0.1, -0.05) is 16.8 Å². The second-order valence-corrected chi connectivity index (χ2v) is 5.44. The first-order valence-electron chi connectivity index (χ1n) is 4.67. The van der Waals surface area contributed by atoms with Gasteiger partial charge in [-0.15, -0.1) is 0 Å². The van der Waals surface area contributed by atoms with Crippen molar-refractivity contribution >= 4 is 27.4 Å². The fourth-order valence-corrected chi connectivity index (χ4v) is 2.78. The number of nitrogens with one attached hydrogen (secondary N) is 1. The van der Waals surface area contributed by atoms with Crippen LogP contribution in [0.3, 0.4) is 0 Å². The highest BCUT2D eigenvalue weighted by Gasteiger charge is 2.21. The average Bonchev–Trinajstić information content (AvgIpc) is 2.63. The second kappa shape index (κ2) is 4.54. The summed E-state index contributed by atoms with van der Waals surface area (Å²) in [5.74, 6) is -0.673. The Morgan fingerprint density at radius 1 is 1.39 bits per heavy atom. The van der Waals surface area contributed by atoms with Gasteiger partial charge in [0.05, 0.1) is 5.02 Å². The smallest absolute Gasteiger partial charge is 0.259 e. The van der Waals surface area contributed by atoms with Crippen molar-refractivity contribution in [1.29, 1.82) is 0 Å². The monoisotopic (exact) mass is 291 g/mol. The third-order valence-electron chi connectivity index (χ3n) is 2.07. The highest BCUT2D eigenvalue weighted by Crippen LogP contribution is 2.24. The van der Waals surface area contributed by atoms with Gasteiger partial charge in [-0.05, 0) is 30.3 Å². The van der Waals surface area contributed by atoms with Crippen molar-refractivity contribution in [3.8, 4) is 0 Å². The molecule has 1 N–H and O–H groups in total. The zero-order valence-electron chi connectivity index (χ0n) is 9.02. The molecule has 96 valence electrons. The Hall–Kier alpha value is -1.67. The van der Waals surface area contributed by atoms with E-state index in [-0.39, 0.29) is 21.4 Å². The van der Waals surface area contributed by atoms with Crippen LogP contribution in [0.15, 0.2) is 27.7 Å². The van der Waals surface area contributed by atoms with Crippen LogP contribution in [0.25, 0.3) is 0 Å². The normalized spacial score (nSPS) is 11.5. The number of sulfonamides is 1. The summed E-state index contributed by atoms with van der Waals surface area (Å²) in [4.78, 5) is -0.257. The lowest BCUT2D eigenvalue weighted by Gasteiger charge is -2.06. The van der Waals surface area contributed by atoms with Crippen molar-refractivity contribution in [1.82, 2.24) is 10.3 Å². The first-order valence-corrected chi connectivity index (χ1v) is 6.53. The molecule has 9 heteroatoms. The number of hydrogen-bond donors (Lipinski definition) is 1. The van der Waals surface area contributed by atoms with E-state index in [0.29, 0.717) is 0 Å². The largest absolute Gasteiger partial charge is 0.264 e. The van der Waals surface area contributed by atoms with Crippen LogP contribution < -0.4 is 4.72 Å². The van der Waals surface area contributed by atoms with Crippen molar-refractivity contribution in [2.75, 3.05) is 4.72 Å². The topological polar surface area (TPSA) is 85.1 Å². The first kappa shape index (κ1) is 12.8. The Kier molecular flexibility index (Phi) is 3.22. The molecule has 18 heavy (non-hydrogen) atoms. The molecule has 0 amide bonds. The molecular formula is C9H7ClFN3O3S. The zero-order valence-corrected chi connectivity index (χ0v) is 10.6. The van der Waals surface area contributed by atoms with Crippen molar-refractivity contribution in [2.45, 2.75) is 11.8 Å². The lowest BCUT2D eigenvalue weighted by molar-refractivity contribution is 0.306. The van der Waals surface area contributed by atoms with E-state index in [1.807, 2.05) is 0 Å². The van der Waals surface area contributed by atoms with Gasteiger partial charge >= 0.3 is 0 Å². The molecule has 1 aromatic heterocycles. The van der Waals surface area contributed by atoms with E-state index in [2.05, 4.69) is 19.7 Å². The van der Waals surface area contributed by atoms with Crippen LogP contribution in [0.4, 0.5) is 10.2 Å². The molecule has 0 spiro atoms. The average molecular weight is 292 g/mol. The molecule has 0 fully saturated rings. The molecule has 0 unspecified atom stereocenters. The minimum Gasteiger partial charge on any atom is -0.259 e. The Morgan fingerprint density at radius 2 is 2.11 bits per heavy atom. The fraction of sp³-hybridized carbons (Fsp3) is 0.111. The summed E-state index contributed by atoms with van der Waals surface area (Å²) in [5.41, 5.74) is 0.275. The van der Waals surface area contributed by atoms with E-state index in [4.69, 9.17) is 11.6 Å². The van der Waals surface area contributed by atoms with Crippen LogP contribution >= 0.6 is 11.6 Å². The Morgan fingerprint density at radius 3 is 2.67 bits per heavy atom. The third kappa shape index (κ3) is 2.44. The summed E-state index contributed by atoms with van der Waals surface area (Å²) in [5, 5.41) is 6.58. The molecule has 2 aromatic rings. The van der Waals surface area contributed by atoms with E-state index in [1.54, 1.807) is 0 Å². The number of rotatable bonds is 3. The van der Waals surface area contributed by atoms with Crippen LogP contribution in [0, 0.1) is 12.7 Å². The maximum atomic E-state index is 12.8. The Bertz CT molecular complexity index is 686. The molecule has 6 nitrogen and oxygen atoms in total. The van der Waals surface area contributed by atoms with E-state index < -0.39 is 15.8 Å². The van der Waals surface area contributed by atoms with Gasteiger partial charge in [0, 0.05) is 0 Å². The van der Waals surface area contributed by atoms with Gasteiger partial charge in [0.25, 0.3) is 10.0 Å². The van der Waals surface area contributed by atoms with Crippen molar-refractivity contribution in [3.63, 3.8) is 0 Å². The summed E-state index contributed by atoms with van der Waals surface area (Å²) in [7, 11) is -3.96. The highest BCUT2D eigenvalue weighted by molar-refractivity contribution is 7.92. The SMILES string of the molecule is Cc1nonc1NS(=O)(=O)c1ccc(F)cc1Cl. The number of hydrogen-bond acceptors (Lipinski definition) is 5. The number of nitrogens with zero attached hydrogens (tertiary/aromatic N) is 2. The number of anilines is 1. The molecule has 0 aliphatic heterocycles. The minimum absolute atomic E-state index is 0.0459. The molecule has 2 rings (SSSR count). The third-order valence-corrected chi connectivity index (χ3v) is 3.89. The molecular weight excluding hydrogens is 285 g/mol.